The molecule has 2 aliphatic heterocycles. The van der Waals surface area contributed by atoms with Gasteiger partial charge in [-0.15, -0.1) is 0 Å². The minimum absolute atomic E-state index is 0.0617. The fourth-order valence-corrected chi connectivity index (χ4v) is 4.47. The predicted octanol–water partition coefficient (Wildman–Crippen LogP) is 4.10. The molecule has 2 fully saturated rings. The average molecular weight is 482 g/mol. The van der Waals surface area contributed by atoms with Gasteiger partial charge in [-0.3, -0.25) is 4.79 Å². The second-order valence-electron chi connectivity index (χ2n) is 8.14. The van der Waals surface area contributed by atoms with Crippen LogP contribution in [0, 0.1) is 5.82 Å². The van der Waals surface area contributed by atoms with Crippen LogP contribution in [-0.4, -0.2) is 67.2 Å². The number of amides is 1. The molecule has 2 heterocycles. The number of hydrogen-bond acceptors (Lipinski definition) is 5. The Bertz CT molecular complexity index is 949. The van der Waals surface area contributed by atoms with Crippen LogP contribution in [0.3, 0.4) is 0 Å². The number of nitrogen functional groups attached to an aromatic ring is 1. The molecule has 2 aromatic rings. The van der Waals surface area contributed by atoms with Gasteiger partial charge in [0, 0.05) is 44.5 Å². The number of carbonyl (C=O) groups is 1. The predicted molar refractivity (Wildman–Crippen MR) is 123 cm³/mol. The number of carbonyl (C=O) groups excluding carboxylic acids is 1. The Hall–Kier alpha value is -2.06. The van der Waals surface area contributed by atoms with E-state index in [1.165, 1.54) is 12.1 Å². The third kappa shape index (κ3) is 5.46. The molecule has 1 amide bonds. The van der Waals surface area contributed by atoms with Crippen LogP contribution in [0.15, 0.2) is 36.4 Å². The Balaban J connectivity index is 1.28. The van der Waals surface area contributed by atoms with Crippen LogP contribution < -0.4 is 10.5 Å². The van der Waals surface area contributed by atoms with E-state index >= 15 is 0 Å². The summed E-state index contributed by atoms with van der Waals surface area (Å²) in [7, 11) is 0. The highest BCUT2D eigenvalue weighted by molar-refractivity contribution is 6.42. The molecule has 0 spiro atoms. The quantitative estimate of drug-likeness (QED) is 0.651. The van der Waals surface area contributed by atoms with Crippen LogP contribution in [0.25, 0.3) is 0 Å². The Morgan fingerprint density at radius 3 is 2.66 bits per heavy atom. The monoisotopic (exact) mass is 481 g/mol. The maximum absolute atomic E-state index is 14.2. The van der Waals surface area contributed by atoms with Crippen molar-refractivity contribution in [3.8, 4) is 5.75 Å². The molecule has 0 aromatic heterocycles. The van der Waals surface area contributed by atoms with Crippen molar-refractivity contribution in [1.29, 1.82) is 0 Å². The number of rotatable bonds is 5. The topological polar surface area (TPSA) is 68.0 Å². The second-order valence-corrected chi connectivity index (χ2v) is 8.96. The molecular weight excluding hydrogens is 456 g/mol. The zero-order valence-electron chi connectivity index (χ0n) is 17.6. The molecule has 0 saturated carbocycles. The number of nitrogens with two attached hydrogens (primary N) is 1. The van der Waals surface area contributed by atoms with Crippen molar-refractivity contribution < 1.29 is 18.7 Å². The number of halogens is 3. The summed E-state index contributed by atoms with van der Waals surface area (Å²) in [5.74, 6) is -0.264. The van der Waals surface area contributed by atoms with Gasteiger partial charge >= 0.3 is 0 Å². The van der Waals surface area contributed by atoms with E-state index in [1.807, 2.05) is 6.07 Å². The summed E-state index contributed by atoms with van der Waals surface area (Å²) in [6, 6.07) is 9.59. The van der Waals surface area contributed by atoms with Gasteiger partial charge in [-0.25, -0.2) is 4.39 Å². The molecule has 1 unspecified atom stereocenters. The summed E-state index contributed by atoms with van der Waals surface area (Å²) >= 11 is 12.0. The summed E-state index contributed by atoms with van der Waals surface area (Å²) in [6.45, 7) is 3.67. The molecule has 2 aromatic carbocycles. The molecule has 32 heavy (non-hydrogen) atoms. The number of benzene rings is 2. The van der Waals surface area contributed by atoms with E-state index in [-0.39, 0.29) is 29.4 Å². The van der Waals surface area contributed by atoms with Crippen molar-refractivity contribution in [3.63, 3.8) is 0 Å². The number of hydrogen-bond donors (Lipinski definition) is 1. The van der Waals surface area contributed by atoms with Gasteiger partial charge in [0.25, 0.3) is 5.91 Å². The second kappa shape index (κ2) is 10.3. The van der Waals surface area contributed by atoms with Crippen molar-refractivity contribution >= 4 is 34.8 Å². The number of morpholine rings is 1. The van der Waals surface area contributed by atoms with Crippen molar-refractivity contribution in [2.45, 2.75) is 25.0 Å². The zero-order chi connectivity index (χ0) is 22.7. The Kier molecular flexibility index (Phi) is 7.40. The van der Waals surface area contributed by atoms with Crippen molar-refractivity contribution in [2.24, 2.45) is 0 Å². The van der Waals surface area contributed by atoms with Gasteiger partial charge in [-0.2, -0.15) is 0 Å². The summed E-state index contributed by atoms with van der Waals surface area (Å²) in [5.41, 5.74) is 5.94. The maximum Gasteiger partial charge on any atom is 0.259 e. The first-order chi connectivity index (χ1) is 15.4. The highest BCUT2D eigenvalue weighted by atomic mass is 35.5. The van der Waals surface area contributed by atoms with E-state index in [2.05, 4.69) is 4.90 Å². The SMILES string of the molecule is Nc1cccc(F)c1C(=O)N1CCOC(CN2CCC(Oc3ccc(Cl)c(Cl)c3)CC2)C1. The Morgan fingerprint density at radius 1 is 1.16 bits per heavy atom. The fourth-order valence-electron chi connectivity index (χ4n) is 4.18. The minimum atomic E-state index is -0.595. The Labute approximate surface area is 197 Å². The molecule has 1 atom stereocenters. The van der Waals surface area contributed by atoms with Crippen molar-refractivity contribution in [2.75, 3.05) is 45.1 Å². The van der Waals surface area contributed by atoms with E-state index in [4.69, 9.17) is 38.4 Å². The summed E-state index contributed by atoms with van der Waals surface area (Å²) in [5, 5.41) is 0.985. The molecule has 4 rings (SSSR count). The molecule has 0 radical (unpaired) electrons. The molecule has 9 heteroatoms. The van der Waals surface area contributed by atoms with Gasteiger partial charge in [-0.1, -0.05) is 29.3 Å². The highest BCUT2D eigenvalue weighted by Gasteiger charge is 2.30. The van der Waals surface area contributed by atoms with E-state index in [9.17, 15) is 9.18 Å². The van der Waals surface area contributed by atoms with Gasteiger partial charge < -0.3 is 25.0 Å². The molecule has 2 saturated heterocycles. The van der Waals surface area contributed by atoms with E-state index in [0.29, 0.717) is 36.3 Å². The average Bonchev–Trinajstić information content (AvgIpc) is 2.78. The molecule has 172 valence electrons. The van der Waals surface area contributed by atoms with E-state index < -0.39 is 5.82 Å². The smallest absolute Gasteiger partial charge is 0.259 e. The van der Waals surface area contributed by atoms with Gasteiger partial charge in [0.1, 0.15) is 17.7 Å². The number of likely N-dealkylation sites (tertiary alicyclic amines) is 1. The van der Waals surface area contributed by atoms with Crippen LogP contribution in [-0.2, 0) is 4.74 Å². The molecule has 0 bridgehead atoms. The lowest BCUT2D eigenvalue weighted by Crippen LogP contribution is -2.51. The van der Waals surface area contributed by atoms with Gasteiger partial charge in [0.15, 0.2) is 0 Å². The lowest BCUT2D eigenvalue weighted by molar-refractivity contribution is -0.0415. The van der Waals surface area contributed by atoms with Crippen molar-refractivity contribution in [3.05, 3.63) is 57.8 Å². The lowest BCUT2D eigenvalue weighted by atomic mass is 10.1. The van der Waals surface area contributed by atoms with Crippen LogP contribution >= 0.6 is 23.2 Å². The summed E-state index contributed by atoms with van der Waals surface area (Å²) in [6.07, 6.45) is 1.73. The normalized spacial score (nSPS) is 20.3. The first-order valence-electron chi connectivity index (χ1n) is 10.7. The zero-order valence-corrected chi connectivity index (χ0v) is 19.1. The van der Waals surface area contributed by atoms with Crippen LogP contribution in [0.2, 0.25) is 10.0 Å². The lowest BCUT2D eigenvalue weighted by Gasteiger charge is -2.38. The van der Waals surface area contributed by atoms with Gasteiger partial charge in [0.05, 0.1) is 28.3 Å². The number of piperidine rings is 1. The first kappa shape index (κ1) is 23.1. The number of anilines is 1. The third-order valence-electron chi connectivity index (χ3n) is 5.88. The third-order valence-corrected chi connectivity index (χ3v) is 6.61. The Morgan fingerprint density at radius 2 is 1.94 bits per heavy atom. The fraction of sp³-hybridized carbons (Fsp3) is 0.435. The largest absolute Gasteiger partial charge is 0.490 e. The minimum Gasteiger partial charge on any atom is -0.490 e. The number of ether oxygens (including phenoxy) is 2. The van der Waals surface area contributed by atoms with Crippen LogP contribution in [0.5, 0.6) is 5.75 Å². The van der Waals surface area contributed by atoms with Crippen LogP contribution in [0.4, 0.5) is 10.1 Å². The standard InChI is InChI=1S/C23H26Cl2FN3O3/c24-18-5-4-16(12-19(18)25)32-15-6-8-28(9-7-15)13-17-14-29(10-11-31-17)23(30)22-20(26)2-1-3-21(22)27/h1-5,12,15,17H,6-11,13-14,27H2. The van der Waals surface area contributed by atoms with Gasteiger partial charge in [0.2, 0.25) is 0 Å². The van der Waals surface area contributed by atoms with Crippen LogP contribution in [0.1, 0.15) is 23.2 Å². The number of nitrogens with zero attached hydrogens (tertiary/aromatic N) is 2. The van der Waals surface area contributed by atoms with E-state index in [0.717, 1.165) is 31.7 Å². The summed E-state index contributed by atoms with van der Waals surface area (Å²) < 4.78 is 26.1. The van der Waals surface area contributed by atoms with E-state index in [1.54, 1.807) is 23.1 Å². The first-order valence-corrected chi connectivity index (χ1v) is 11.4. The molecule has 0 aliphatic carbocycles. The molecule has 6 nitrogen and oxygen atoms in total. The van der Waals surface area contributed by atoms with Gasteiger partial charge in [-0.05, 0) is 37.1 Å². The molecule has 2 aliphatic rings. The van der Waals surface area contributed by atoms with Crippen molar-refractivity contribution in [1.82, 2.24) is 9.80 Å². The molecular formula is C23H26Cl2FN3O3. The summed E-state index contributed by atoms with van der Waals surface area (Å²) in [4.78, 5) is 16.8. The molecule has 2 N–H and O–H groups in total. The maximum atomic E-state index is 14.2. The highest BCUT2D eigenvalue weighted by Crippen LogP contribution is 2.28.